The molecule has 0 aliphatic heterocycles. The summed E-state index contributed by atoms with van der Waals surface area (Å²) in [7, 11) is 3.17. The Morgan fingerprint density at radius 3 is 2.38 bits per heavy atom. The minimum atomic E-state index is -1.01. The Morgan fingerprint density at radius 2 is 1.82 bits per heavy atom. The van der Waals surface area contributed by atoms with Crippen LogP contribution in [0.1, 0.15) is 69.3 Å². The molecule has 0 spiro atoms. The van der Waals surface area contributed by atoms with Crippen molar-refractivity contribution in [3.63, 3.8) is 0 Å². The summed E-state index contributed by atoms with van der Waals surface area (Å²) in [6.07, 6.45) is 6.86. The molecule has 0 bridgehead atoms. The maximum atomic E-state index is 13.1. The van der Waals surface area contributed by atoms with Gasteiger partial charge in [0.25, 0.3) is 5.91 Å². The van der Waals surface area contributed by atoms with Crippen molar-refractivity contribution in [3.05, 3.63) is 30.0 Å². The number of aliphatic carboxylic acids is 1. The molecule has 186 valence electrons. The number of aromatic nitrogens is 2. The Kier molecular flexibility index (Phi) is 8.96. The fourth-order valence-corrected chi connectivity index (χ4v) is 4.61. The number of methoxy groups -OCH3 is 2. The van der Waals surface area contributed by atoms with E-state index >= 15 is 0 Å². The summed E-state index contributed by atoms with van der Waals surface area (Å²) < 4.78 is 13.0. The lowest BCUT2D eigenvalue weighted by Crippen LogP contribution is -2.42. The van der Waals surface area contributed by atoms with Crippen LogP contribution < -0.4 is 14.8 Å². The first-order valence-corrected chi connectivity index (χ1v) is 12.2. The molecule has 8 heteroatoms. The van der Waals surface area contributed by atoms with Gasteiger partial charge in [-0.15, -0.1) is 0 Å². The van der Waals surface area contributed by atoms with Gasteiger partial charge in [-0.3, -0.25) is 9.48 Å². The van der Waals surface area contributed by atoms with Gasteiger partial charge in [0.2, 0.25) is 0 Å². The zero-order valence-corrected chi connectivity index (χ0v) is 20.7. The van der Waals surface area contributed by atoms with E-state index in [2.05, 4.69) is 24.3 Å². The number of carbonyl (C=O) groups excluding carboxylic acids is 1. The molecule has 2 N–H and O–H groups in total. The zero-order chi connectivity index (χ0) is 24.7. The van der Waals surface area contributed by atoms with E-state index in [0.717, 1.165) is 32.1 Å². The van der Waals surface area contributed by atoms with Gasteiger partial charge < -0.3 is 19.9 Å². The van der Waals surface area contributed by atoms with Gasteiger partial charge in [-0.25, -0.2) is 4.79 Å². The van der Waals surface area contributed by atoms with Gasteiger partial charge in [-0.05, 0) is 36.5 Å². The average molecular weight is 472 g/mol. The fourth-order valence-electron chi connectivity index (χ4n) is 4.61. The lowest BCUT2D eigenvalue weighted by atomic mass is 9.85. The number of rotatable bonds is 11. The summed E-state index contributed by atoms with van der Waals surface area (Å²) in [4.78, 5) is 25.1. The Bertz CT molecular complexity index is 959. The Morgan fingerprint density at radius 1 is 1.18 bits per heavy atom. The topological polar surface area (TPSA) is 103 Å². The Labute approximate surface area is 201 Å². The summed E-state index contributed by atoms with van der Waals surface area (Å²) in [5.41, 5.74) is 1.58. The molecule has 8 nitrogen and oxygen atoms in total. The van der Waals surface area contributed by atoms with E-state index in [-0.39, 0.29) is 5.69 Å². The zero-order valence-electron chi connectivity index (χ0n) is 20.7. The summed E-state index contributed by atoms with van der Waals surface area (Å²) in [6.45, 7) is 4.83. The first-order chi connectivity index (χ1) is 16.4. The molecule has 0 radical (unpaired) electrons. The van der Waals surface area contributed by atoms with Crippen LogP contribution in [0.5, 0.6) is 11.5 Å². The quantitative estimate of drug-likeness (QED) is 0.490. The second-order valence-corrected chi connectivity index (χ2v) is 9.25. The van der Waals surface area contributed by atoms with Gasteiger partial charge >= 0.3 is 5.97 Å². The molecule has 2 unspecified atom stereocenters. The molecule has 1 amide bonds. The highest BCUT2D eigenvalue weighted by Crippen LogP contribution is 2.39. The van der Waals surface area contributed by atoms with Gasteiger partial charge in [0.15, 0.2) is 5.69 Å². The van der Waals surface area contributed by atoms with Crippen LogP contribution in [0.3, 0.4) is 0 Å². The minimum absolute atomic E-state index is 0.182. The molecule has 34 heavy (non-hydrogen) atoms. The van der Waals surface area contributed by atoms with E-state index in [9.17, 15) is 14.7 Å². The van der Waals surface area contributed by atoms with Crippen molar-refractivity contribution in [1.82, 2.24) is 15.1 Å². The number of amides is 1. The number of carbonyl (C=O) groups is 2. The van der Waals surface area contributed by atoms with Gasteiger partial charge in [0, 0.05) is 6.54 Å². The molecule has 1 aliphatic rings. The van der Waals surface area contributed by atoms with Crippen LogP contribution >= 0.6 is 0 Å². The number of carboxylic acid groups (broad SMARTS) is 1. The molecule has 1 aromatic carbocycles. The van der Waals surface area contributed by atoms with Crippen LogP contribution in [0.25, 0.3) is 11.3 Å². The lowest BCUT2D eigenvalue weighted by molar-refractivity contribution is -0.139. The molecule has 1 aliphatic carbocycles. The summed E-state index contributed by atoms with van der Waals surface area (Å²) in [5, 5.41) is 17.1. The SMILES string of the molecule is CCC(C)Cn1nc(C(=O)NC(CC2CCCCC2)C(=O)O)cc1-c1c(OC)cccc1OC. The Balaban J connectivity index is 1.93. The molecule has 2 aromatic rings. The summed E-state index contributed by atoms with van der Waals surface area (Å²) in [6, 6.07) is 6.27. The number of nitrogens with zero attached hydrogens (tertiary/aromatic N) is 2. The predicted octanol–water partition coefficient (Wildman–Crippen LogP) is 4.77. The molecule has 0 saturated heterocycles. The molecular weight excluding hydrogens is 434 g/mol. The molecule has 1 saturated carbocycles. The number of benzene rings is 1. The second-order valence-electron chi connectivity index (χ2n) is 9.25. The molecule has 1 fully saturated rings. The van der Waals surface area contributed by atoms with E-state index in [4.69, 9.17) is 9.47 Å². The number of hydrogen-bond acceptors (Lipinski definition) is 5. The maximum absolute atomic E-state index is 13.1. The Hall–Kier alpha value is -3.03. The van der Waals surface area contributed by atoms with Gasteiger partial charge in [0.05, 0.1) is 25.5 Å². The molecular formula is C26H37N3O5. The van der Waals surface area contributed by atoms with Crippen molar-refractivity contribution in [3.8, 4) is 22.8 Å². The van der Waals surface area contributed by atoms with Crippen LogP contribution in [0, 0.1) is 11.8 Å². The van der Waals surface area contributed by atoms with Crippen LogP contribution in [0.15, 0.2) is 24.3 Å². The lowest BCUT2D eigenvalue weighted by Gasteiger charge is -2.24. The normalized spacial score (nSPS) is 16.0. The van der Waals surface area contributed by atoms with Crippen molar-refractivity contribution in [2.24, 2.45) is 11.8 Å². The fraction of sp³-hybridized carbons (Fsp3) is 0.577. The highest BCUT2D eigenvalue weighted by atomic mass is 16.5. The van der Waals surface area contributed by atoms with Crippen molar-refractivity contribution < 1.29 is 24.2 Å². The average Bonchev–Trinajstić information content (AvgIpc) is 3.26. The van der Waals surface area contributed by atoms with Gasteiger partial charge in [-0.2, -0.15) is 5.10 Å². The first-order valence-electron chi connectivity index (χ1n) is 12.2. The van der Waals surface area contributed by atoms with Crippen LogP contribution in [0.4, 0.5) is 0 Å². The third kappa shape index (κ3) is 6.10. The first kappa shape index (κ1) is 25.6. The molecule has 1 aromatic heterocycles. The maximum Gasteiger partial charge on any atom is 0.326 e. The number of ether oxygens (including phenoxy) is 2. The van der Waals surface area contributed by atoms with E-state index in [1.165, 1.54) is 6.42 Å². The predicted molar refractivity (Wildman–Crippen MR) is 130 cm³/mol. The summed E-state index contributed by atoms with van der Waals surface area (Å²) >= 11 is 0. The third-order valence-electron chi connectivity index (χ3n) is 6.78. The van der Waals surface area contributed by atoms with E-state index in [1.807, 2.05) is 18.2 Å². The van der Waals surface area contributed by atoms with E-state index in [1.54, 1.807) is 25.0 Å². The largest absolute Gasteiger partial charge is 0.496 e. The monoisotopic (exact) mass is 471 g/mol. The molecule has 3 rings (SSSR count). The van der Waals surface area contributed by atoms with Gasteiger partial charge in [-0.1, -0.05) is 58.4 Å². The van der Waals surface area contributed by atoms with Gasteiger partial charge in [0.1, 0.15) is 17.5 Å². The molecule has 2 atom stereocenters. The highest BCUT2D eigenvalue weighted by molar-refractivity contribution is 5.96. The van der Waals surface area contributed by atoms with Crippen LogP contribution in [-0.4, -0.2) is 47.0 Å². The number of carboxylic acids is 1. The minimum Gasteiger partial charge on any atom is -0.496 e. The summed E-state index contributed by atoms with van der Waals surface area (Å²) in [5.74, 6) is 0.375. The standard InChI is InChI=1S/C26H37N3O5/c1-5-17(2)16-29-21(24-22(33-3)12-9-13-23(24)34-4)15-19(28-29)25(30)27-20(26(31)32)14-18-10-7-6-8-11-18/h9,12-13,15,17-18,20H,5-8,10-11,14,16H2,1-4H3,(H,27,30)(H,31,32). The molecule has 1 heterocycles. The smallest absolute Gasteiger partial charge is 0.326 e. The van der Waals surface area contributed by atoms with Crippen molar-refractivity contribution in [2.45, 2.75) is 71.4 Å². The highest BCUT2D eigenvalue weighted by Gasteiger charge is 2.28. The van der Waals surface area contributed by atoms with Crippen molar-refractivity contribution in [2.75, 3.05) is 14.2 Å². The van der Waals surface area contributed by atoms with Crippen LogP contribution in [-0.2, 0) is 11.3 Å². The second kappa shape index (κ2) is 11.9. The van der Waals surface area contributed by atoms with Crippen LogP contribution in [0.2, 0.25) is 0 Å². The third-order valence-corrected chi connectivity index (χ3v) is 6.78. The van der Waals surface area contributed by atoms with Crippen molar-refractivity contribution in [1.29, 1.82) is 0 Å². The number of hydrogen-bond donors (Lipinski definition) is 2. The van der Waals surface area contributed by atoms with E-state index < -0.39 is 17.9 Å². The number of nitrogens with one attached hydrogen (secondary N) is 1. The van der Waals surface area contributed by atoms with E-state index in [0.29, 0.717) is 47.6 Å². The van der Waals surface area contributed by atoms with Crippen molar-refractivity contribution >= 4 is 11.9 Å².